The van der Waals surface area contributed by atoms with Gasteiger partial charge in [-0.2, -0.15) is 0 Å². The molecule has 0 unspecified atom stereocenters. The summed E-state index contributed by atoms with van der Waals surface area (Å²) in [7, 11) is 0. The highest BCUT2D eigenvalue weighted by Crippen LogP contribution is 2.23. The van der Waals surface area contributed by atoms with Gasteiger partial charge in [0.1, 0.15) is 17.8 Å². The Balaban J connectivity index is 1.70. The minimum absolute atomic E-state index is 0.609. The third-order valence-electron chi connectivity index (χ3n) is 3.40. The van der Waals surface area contributed by atoms with E-state index >= 15 is 0 Å². The summed E-state index contributed by atoms with van der Waals surface area (Å²) in [5, 5.41) is 0. The number of carbonyl (C=O) groups excluding carboxylic acids is 1. The van der Waals surface area contributed by atoms with E-state index in [0.717, 1.165) is 18.5 Å². The van der Waals surface area contributed by atoms with Crippen molar-refractivity contribution in [1.29, 1.82) is 0 Å². The van der Waals surface area contributed by atoms with Gasteiger partial charge in [0.05, 0.1) is 0 Å². The van der Waals surface area contributed by atoms with Crippen LogP contribution in [0.2, 0.25) is 0 Å². The van der Waals surface area contributed by atoms with Crippen LogP contribution in [0, 0.1) is 0 Å². The molecule has 0 aliphatic heterocycles. The number of hydrogen-bond acceptors (Lipinski definition) is 2. The fourth-order valence-corrected chi connectivity index (χ4v) is 2.29. The molecule has 3 rings (SSSR count). The highest BCUT2D eigenvalue weighted by atomic mass is 16.5. The number of carbonyl (C=O) groups is 1. The van der Waals surface area contributed by atoms with Crippen molar-refractivity contribution in [3.63, 3.8) is 0 Å². The lowest BCUT2D eigenvalue weighted by molar-refractivity contribution is 0.112. The first-order valence-electron chi connectivity index (χ1n) is 7.19. The van der Waals surface area contributed by atoms with Gasteiger partial charge in [-0.25, -0.2) is 0 Å². The van der Waals surface area contributed by atoms with Gasteiger partial charge in [-0.1, -0.05) is 54.6 Å². The van der Waals surface area contributed by atoms with E-state index in [1.807, 2.05) is 42.5 Å². The van der Waals surface area contributed by atoms with Gasteiger partial charge in [0, 0.05) is 5.56 Å². The Kier molecular flexibility index (Phi) is 4.30. The maximum absolute atomic E-state index is 10.8. The molecule has 3 aromatic carbocycles. The van der Waals surface area contributed by atoms with Gasteiger partial charge in [0.25, 0.3) is 0 Å². The van der Waals surface area contributed by atoms with Gasteiger partial charge >= 0.3 is 0 Å². The second kappa shape index (κ2) is 6.72. The van der Waals surface area contributed by atoms with Crippen molar-refractivity contribution in [3.05, 3.63) is 95.6 Å². The molecule has 0 amide bonds. The lowest BCUT2D eigenvalue weighted by Gasteiger charge is -2.07. The number of ether oxygens (including phenoxy) is 1. The highest BCUT2D eigenvalue weighted by Gasteiger charge is 2.00. The van der Waals surface area contributed by atoms with Crippen LogP contribution in [0.5, 0.6) is 11.5 Å². The summed E-state index contributed by atoms with van der Waals surface area (Å²) in [4.78, 5) is 10.8. The zero-order valence-corrected chi connectivity index (χ0v) is 12.1. The molecule has 0 aromatic heterocycles. The third kappa shape index (κ3) is 3.61. The fraction of sp³-hybridized carbons (Fsp3) is 0.0500. The summed E-state index contributed by atoms with van der Waals surface area (Å²) in [6.45, 7) is 0. The predicted molar refractivity (Wildman–Crippen MR) is 87.6 cm³/mol. The molecule has 0 heterocycles. The Morgan fingerprint density at radius 1 is 0.727 bits per heavy atom. The summed E-state index contributed by atoms with van der Waals surface area (Å²) in [6, 6.07) is 25.5. The molecule has 0 spiro atoms. The van der Waals surface area contributed by atoms with E-state index in [9.17, 15) is 4.79 Å². The maximum Gasteiger partial charge on any atom is 0.150 e. The Hall–Kier alpha value is -2.87. The lowest BCUT2D eigenvalue weighted by Crippen LogP contribution is -1.89. The topological polar surface area (TPSA) is 26.3 Å². The SMILES string of the molecule is O=Cc1cccc(Oc2ccc(Cc3ccccc3)cc2)c1. The van der Waals surface area contributed by atoms with Crippen LogP contribution in [0.15, 0.2) is 78.9 Å². The van der Waals surface area contributed by atoms with Crippen LogP contribution >= 0.6 is 0 Å². The minimum atomic E-state index is 0.609. The van der Waals surface area contributed by atoms with E-state index in [4.69, 9.17) is 4.74 Å². The van der Waals surface area contributed by atoms with Crippen molar-refractivity contribution in [3.8, 4) is 11.5 Å². The normalized spacial score (nSPS) is 10.2. The first-order valence-corrected chi connectivity index (χ1v) is 7.19. The molecule has 0 fully saturated rings. The molecule has 0 atom stereocenters. The highest BCUT2D eigenvalue weighted by molar-refractivity contribution is 5.75. The standard InChI is InChI=1S/C20H16O2/c21-15-18-7-4-8-20(14-18)22-19-11-9-17(10-12-19)13-16-5-2-1-3-6-16/h1-12,14-15H,13H2. The smallest absolute Gasteiger partial charge is 0.150 e. The number of aldehydes is 1. The molecule has 3 aromatic rings. The quantitative estimate of drug-likeness (QED) is 0.625. The van der Waals surface area contributed by atoms with Crippen LogP contribution in [0.25, 0.3) is 0 Å². The van der Waals surface area contributed by atoms with Gasteiger partial charge in [-0.05, 0) is 41.8 Å². The van der Waals surface area contributed by atoms with Gasteiger partial charge < -0.3 is 4.74 Å². The summed E-state index contributed by atoms with van der Waals surface area (Å²) in [5.41, 5.74) is 3.13. The second-order valence-electron chi connectivity index (χ2n) is 5.10. The molecule has 0 N–H and O–H groups in total. The van der Waals surface area contributed by atoms with E-state index in [2.05, 4.69) is 24.3 Å². The van der Waals surface area contributed by atoms with Crippen LogP contribution in [0.1, 0.15) is 21.5 Å². The fourth-order valence-electron chi connectivity index (χ4n) is 2.29. The molecule has 2 nitrogen and oxygen atoms in total. The lowest BCUT2D eigenvalue weighted by atomic mass is 10.1. The minimum Gasteiger partial charge on any atom is -0.457 e. The molecule has 0 saturated carbocycles. The molecule has 0 saturated heterocycles. The molecular weight excluding hydrogens is 272 g/mol. The van der Waals surface area contributed by atoms with Crippen LogP contribution in [0.3, 0.4) is 0 Å². The summed E-state index contributed by atoms with van der Waals surface area (Å²) >= 11 is 0. The van der Waals surface area contributed by atoms with Crippen molar-refractivity contribution >= 4 is 6.29 Å². The largest absolute Gasteiger partial charge is 0.457 e. The van der Waals surface area contributed by atoms with Crippen LogP contribution in [0.4, 0.5) is 0 Å². The van der Waals surface area contributed by atoms with E-state index in [-0.39, 0.29) is 0 Å². The van der Waals surface area contributed by atoms with E-state index in [1.54, 1.807) is 12.1 Å². The van der Waals surface area contributed by atoms with Crippen molar-refractivity contribution in [2.45, 2.75) is 6.42 Å². The molecule has 108 valence electrons. The number of benzene rings is 3. The predicted octanol–water partition coefficient (Wildman–Crippen LogP) is 4.88. The zero-order valence-electron chi connectivity index (χ0n) is 12.1. The molecule has 2 heteroatoms. The Morgan fingerprint density at radius 3 is 2.18 bits per heavy atom. The van der Waals surface area contributed by atoms with E-state index < -0.39 is 0 Å². The number of rotatable bonds is 5. The van der Waals surface area contributed by atoms with E-state index in [1.165, 1.54) is 11.1 Å². The van der Waals surface area contributed by atoms with Crippen molar-refractivity contribution in [1.82, 2.24) is 0 Å². The zero-order chi connectivity index (χ0) is 15.2. The van der Waals surface area contributed by atoms with Gasteiger partial charge in [0.15, 0.2) is 0 Å². The molecule has 0 radical (unpaired) electrons. The molecule has 0 aliphatic carbocycles. The van der Waals surface area contributed by atoms with Crippen molar-refractivity contribution < 1.29 is 9.53 Å². The Labute approximate surface area is 130 Å². The second-order valence-corrected chi connectivity index (χ2v) is 5.10. The number of hydrogen-bond donors (Lipinski definition) is 0. The van der Waals surface area contributed by atoms with E-state index in [0.29, 0.717) is 11.3 Å². The third-order valence-corrected chi connectivity index (χ3v) is 3.40. The maximum atomic E-state index is 10.8. The van der Waals surface area contributed by atoms with Gasteiger partial charge in [-0.15, -0.1) is 0 Å². The average Bonchev–Trinajstić information content (AvgIpc) is 2.58. The molecule has 22 heavy (non-hydrogen) atoms. The van der Waals surface area contributed by atoms with Crippen LogP contribution < -0.4 is 4.74 Å². The summed E-state index contributed by atoms with van der Waals surface area (Å²) in [5.74, 6) is 1.43. The summed E-state index contributed by atoms with van der Waals surface area (Å²) < 4.78 is 5.77. The first-order chi connectivity index (χ1) is 10.8. The van der Waals surface area contributed by atoms with Gasteiger partial charge in [0.2, 0.25) is 0 Å². The average molecular weight is 288 g/mol. The first kappa shape index (κ1) is 14.1. The van der Waals surface area contributed by atoms with Crippen molar-refractivity contribution in [2.75, 3.05) is 0 Å². The van der Waals surface area contributed by atoms with Gasteiger partial charge in [-0.3, -0.25) is 4.79 Å². The van der Waals surface area contributed by atoms with Crippen molar-refractivity contribution in [2.24, 2.45) is 0 Å². The Bertz CT molecular complexity index is 746. The monoisotopic (exact) mass is 288 g/mol. The van der Waals surface area contributed by atoms with Crippen LogP contribution in [-0.2, 0) is 6.42 Å². The molecule has 0 aliphatic rings. The summed E-state index contributed by atoms with van der Waals surface area (Å²) in [6.07, 6.45) is 1.72. The van der Waals surface area contributed by atoms with Crippen LogP contribution in [-0.4, -0.2) is 6.29 Å². The molecular formula is C20H16O2. The Morgan fingerprint density at radius 2 is 1.45 bits per heavy atom. The molecule has 0 bridgehead atoms.